The van der Waals surface area contributed by atoms with Crippen LogP contribution in [-0.4, -0.2) is 25.2 Å². The van der Waals surface area contributed by atoms with Gasteiger partial charge in [0.1, 0.15) is 0 Å². The van der Waals surface area contributed by atoms with Crippen molar-refractivity contribution in [3.8, 4) is 0 Å². The fourth-order valence-corrected chi connectivity index (χ4v) is 1.63. The van der Waals surface area contributed by atoms with Crippen LogP contribution in [0.15, 0.2) is 0 Å². The van der Waals surface area contributed by atoms with Gasteiger partial charge in [-0.3, -0.25) is 9.59 Å². The first-order valence-electron chi connectivity index (χ1n) is 7.08. The molecule has 4 heteroatoms. The van der Waals surface area contributed by atoms with Crippen LogP contribution < -0.4 is 0 Å². The Labute approximate surface area is 116 Å². The van der Waals surface area contributed by atoms with Gasteiger partial charge in [-0.15, -0.1) is 0 Å². The number of hydrogen-bond acceptors (Lipinski definition) is 4. The fourth-order valence-electron chi connectivity index (χ4n) is 1.63. The van der Waals surface area contributed by atoms with Crippen LogP contribution in [0.25, 0.3) is 0 Å². The zero-order chi connectivity index (χ0) is 14.9. The summed E-state index contributed by atoms with van der Waals surface area (Å²) in [6.45, 7) is 11.0. The molecule has 112 valence electrons. The molecule has 19 heavy (non-hydrogen) atoms. The zero-order valence-corrected chi connectivity index (χ0v) is 13.0. The van der Waals surface area contributed by atoms with Crippen LogP contribution in [0.5, 0.6) is 0 Å². The minimum absolute atomic E-state index is 0.00254. The monoisotopic (exact) mass is 272 g/mol. The molecule has 0 aliphatic heterocycles. The maximum atomic E-state index is 11.5. The smallest absolute Gasteiger partial charge is 0.306 e. The number of rotatable bonds is 9. The summed E-state index contributed by atoms with van der Waals surface area (Å²) in [5, 5.41) is 0. The second-order valence-corrected chi connectivity index (χ2v) is 6.15. The summed E-state index contributed by atoms with van der Waals surface area (Å²) in [6, 6.07) is 0. The van der Waals surface area contributed by atoms with Crippen molar-refractivity contribution in [1.82, 2.24) is 0 Å². The highest BCUT2D eigenvalue weighted by Crippen LogP contribution is 2.22. The molecule has 0 aliphatic rings. The summed E-state index contributed by atoms with van der Waals surface area (Å²) < 4.78 is 10.2. The highest BCUT2D eigenvalue weighted by molar-refractivity contribution is 5.77. The Morgan fingerprint density at radius 3 is 2.05 bits per heavy atom. The van der Waals surface area contributed by atoms with Gasteiger partial charge in [-0.2, -0.15) is 0 Å². The average molecular weight is 272 g/mol. The van der Waals surface area contributed by atoms with Gasteiger partial charge in [-0.1, -0.05) is 41.0 Å². The number of ether oxygens (including phenoxy) is 2. The standard InChI is InChI=1S/C15H28O4/c1-6-9-15(4,5)11-19-14(17)8-7-13(16)18-10-12(2)3/h12H,6-11H2,1-5H3. The molecule has 0 bridgehead atoms. The van der Waals surface area contributed by atoms with Crippen molar-refractivity contribution in [3.05, 3.63) is 0 Å². The Kier molecular flexibility index (Phi) is 8.44. The average Bonchev–Trinajstić information content (AvgIpc) is 2.31. The minimum Gasteiger partial charge on any atom is -0.465 e. The number of hydrogen-bond donors (Lipinski definition) is 0. The second kappa shape index (κ2) is 8.94. The molecule has 0 aliphatic carbocycles. The van der Waals surface area contributed by atoms with E-state index in [2.05, 4.69) is 20.8 Å². The van der Waals surface area contributed by atoms with Crippen molar-refractivity contribution in [2.24, 2.45) is 11.3 Å². The van der Waals surface area contributed by atoms with Crippen LogP contribution in [0.4, 0.5) is 0 Å². The van der Waals surface area contributed by atoms with Crippen molar-refractivity contribution in [2.75, 3.05) is 13.2 Å². The molecular formula is C15H28O4. The van der Waals surface area contributed by atoms with Crippen molar-refractivity contribution in [2.45, 2.75) is 60.3 Å². The van der Waals surface area contributed by atoms with Gasteiger partial charge in [0.15, 0.2) is 0 Å². The van der Waals surface area contributed by atoms with Crippen LogP contribution in [0, 0.1) is 11.3 Å². The highest BCUT2D eigenvalue weighted by atomic mass is 16.5. The molecular weight excluding hydrogens is 244 g/mol. The second-order valence-electron chi connectivity index (χ2n) is 6.15. The van der Waals surface area contributed by atoms with Crippen LogP contribution >= 0.6 is 0 Å². The van der Waals surface area contributed by atoms with Crippen molar-refractivity contribution in [1.29, 1.82) is 0 Å². The fraction of sp³-hybridized carbons (Fsp3) is 0.867. The van der Waals surface area contributed by atoms with E-state index < -0.39 is 0 Å². The Balaban J connectivity index is 3.78. The molecule has 0 N–H and O–H groups in total. The molecule has 0 aromatic rings. The largest absolute Gasteiger partial charge is 0.465 e. The lowest BCUT2D eigenvalue weighted by atomic mass is 9.89. The van der Waals surface area contributed by atoms with E-state index in [4.69, 9.17) is 9.47 Å². The van der Waals surface area contributed by atoms with Gasteiger partial charge < -0.3 is 9.47 Å². The third-order valence-electron chi connectivity index (χ3n) is 2.66. The first-order chi connectivity index (χ1) is 8.76. The Bertz CT molecular complexity index is 282. The van der Waals surface area contributed by atoms with E-state index in [1.165, 1.54) is 0 Å². The third kappa shape index (κ3) is 10.5. The molecule has 0 amide bonds. The van der Waals surface area contributed by atoms with Gasteiger partial charge >= 0.3 is 11.9 Å². The van der Waals surface area contributed by atoms with Crippen molar-refractivity contribution < 1.29 is 19.1 Å². The Hall–Kier alpha value is -1.06. The summed E-state index contributed by atoms with van der Waals surface area (Å²) in [7, 11) is 0. The quantitative estimate of drug-likeness (QED) is 0.604. The molecule has 0 aromatic heterocycles. The first kappa shape index (κ1) is 17.9. The first-order valence-corrected chi connectivity index (χ1v) is 7.08. The van der Waals surface area contributed by atoms with E-state index in [1.54, 1.807) is 0 Å². The van der Waals surface area contributed by atoms with Crippen LogP contribution in [0.3, 0.4) is 0 Å². The lowest BCUT2D eigenvalue weighted by Gasteiger charge is -2.23. The molecule has 0 spiro atoms. The van der Waals surface area contributed by atoms with Crippen molar-refractivity contribution in [3.63, 3.8) is 0 Å². The van der Waals surface area contributed by atoms with Gasteiger partial charge in [0.2, 0.25) is 0 Å². The SMILES string of the molecule is CCCC(C)(C)COC(=O)CCC(=O)OCC(C)C. The highest BCUT2D eigenvalue weighted by Gasteiger charge is 2.19. The number of carbonyl (C=O) groups is 2. The summed E-state index contributed by atoms with van der Waals surface area (Å²) >= 11 is 0. The van der Waals surface area contributed by atoms with Gasteiger partial charge in [0.05, 0.1) is 26.1 Å². The molecule has 0 saturated heterocycles. The Morgan fingerprint density at radius 1 is 1.05 bits per heavy atom. The summed E-state index contributed by atoms with van der Waals surface area (Å²) in [4.78, 5) is 22.8. The molecule has 0 radical (unpaired) electrons. The molecule has 0 fully saturated rings. The maximum absolute atomic E-state index is 11.5. The summed E-state index contributed by atoms with van der Waals surface area (Å²) in [6.07, 6.45) is 2.27. The summed E-state index contributed by atoms with van der Waals surface area (Å²) in [5.74, 6) is -0.352. The summed E-state index contributed by atoms with van der Waals surface area (Å²) in [5.41, 5.74) is 0.00254. The van der Waals surface area contributed by atoms with Crippen molar-refractivity contribution >= 4 is 11.9 Å². The van der Waals surface area contributed by atoms with Gasteiger partial charge in [-0.25, -0.2) is 0 Å². The van der Waals surface area contributed by atoms with Crippen LogP contribution in [0.2, 0.25) is 0 Å². The van der Waals surface area contributed by atoms with Crippen LogP contribution in [0.1, 0.15) is 60.3 Å². The Morgan fingerprint density at radius 2 is 1.58 bits per heavy atom. The lowest BCUT2D eigenvalue weighted by molar-refractivity contribution is -0.152. The van der Waals surface area contributed by atoms with Gasteiger partial charge in [0.25, 0.3) is 0 Å². The molecule has 0 saturated carbocycles. The molecule has 0 aromatic carbocycles. The minimum atomic E-state index is -0.335. The molecule has 0 unspecified atom stereocenters. The number of esters is 2. The lowest BCUT2D eigenvalue weighted by Crippen LogP contribution is -2.22. The van der Waals surface area contributed by atoms with E-state index in [1.807, 2.05) is 13.8 Å². The predicted molar refractivity (Wildman–Crippen MR) is 74.7 cm³/mol. The van der Waals surface area contributed by atoms with E-state index in [0.29, 0.717) is 19.1 Å². The van der Waals surface area contributed by atoms with E-state index >= 15 is 0 Å². The normalized spacial score (nSPS) is 11.5. The van der Waals surface area contributed by atoms with E-state index in [0.717, 1.165) is 12.8 Å². The molecule has 4 nitrogen and oxygen atoms in total. The van der Waals surface area contributed by atoms with E-state index in [9.17, 15) is 9.59 Å². The maximum Gasteiger partial charge on any atom is 0.306 e. The topological polar surface area (TPSA) is 52.6 Å². The third-order valence-corrected chi connectivity index (χ3v) is 2.66. The molecule has 0 heterocycles. The molecule has 0 rings (SSSR count). The van der Waals surface area contributed by atoms with Gasteiger partial charge in [0, 0.05) is 0 Å². The van der Waals surface area contributed by atoms with E-state index in [-0.39, 0.29) is 30.2 Å². The number of carbonyl (C=O) groups excluding carboxylic acids is 2. The van der Waals surface area contributed by atoms with Crippen LogP contribution in [-0.2, 0) is 19.1 Å². The molecule has 0 atom stereocenters. The predicted octanol–water partition coefficient (Wildman–Crippen LogP) is 3.34. The zero-order valence-electron chi connectivity index (χ0n) is 13.0. The van der Waals surface area contributed by atoms with Gasteiger partial charge in [-0.05, 0) is 17.8 Å².